The van der Waals surface area contributed by atoms with Gasteiger partial charge in [-0.3, -0.25) is 0 Å². The minimum Gasteiger partial charge on any atom is -0.454 e. The van der Waals surface area contributed by atoms with Crippen molar-refractivity contribution in [3.63, 3.8) is 0 Å². The predicted molar refractivity (Wildman–Crippen MR) is 178 cm³/mol. The average molecular weight is 536 g/mol. The normalized spacial score (nSPS) is 11.8. The molecule has 0 aliphatic rings. The first-order valence-electron chi connectivity index (χ1n) is 14.4. The number of anilines is 3. The standard InChI is InChI=1S/C40H25NO/c1-2-11-26(12-3-1)30-16-4-6-20-34(30)41(35-21-10-18-32-31-17-5-7-22-37(31)42-40(32)35)36-25-29-15-8-13-27-23-24-28-14-9-19-33(36)39(28)38(27)29/h1-25H. The maximum atomic E-state index is 6.65. The minimum atomic E-state index is 0.881. The summed E-state index contributed by atoms with van der Waals surface area (Å²) in [5, 5.41) is 9.80. The zero-order chi connectivity index (χ0) is 27.6. The van der Waals surface area contributed by atoms with E-state index in [1.54, 1.807) is 0 Å². The first-order chi connectivity index (χ1) is 20.8. The molecule has 0 fully saturated rings. The Morgan fingerprint density at radius 2 is 1.05 bits per heavy atom. The Labute approximate surface area is 243 Å². The highest BCUT2D eigenvalue weighted by Crippen LogP contribution is 2.49. The highest BCUT2D eigenvalue weighted by atomic mass is 16.3. The molecule has 0 aliphatic heterocycles. The molecule has 0 aliphatic carbocycles. The van der Waals surface area contributed by atoms with Crippen LogP contribution in [0.2, 0.25) is 0 Å². The summed E-state index contributed by atoms with van der Waals surface area (Å²) in [6.07, 6.45) is 0. The number of para-hydroxylation sites is 3. The van der Waals surface area contributed by atoms with Crippen molar-refractivity contribution in [2.24, 2.45) is 0 Å². The maximum absolute atomic E-state index is 6.65. The van der Waals surface area contributed by atoms with Gasteiger partial charge in [0.1, 0.15) is 5.58 Å². The second-order valence-corrected chi connectivity index (χ2v) is 10.9. The van der Waals surface area contributed by atoms with E-state index in [-0.39, 0.29) is 0 Å². The Hall–Kier alpha value is -5.60. The quantitative estimate of drug-likeness (QED) is 0.208. The van der Waals surface area contributed by atoms with Gasteiger partial charge in [-0.05, 0) is 56.8 Å². The van der Waals surface area contributed by atoms with Crippen LogP contribution in [0.3, 0.4) is 0 Å². The van der Waals surface area contributed by atoms with E-state index in [0.717, 1.165) is 44.6 Å². The summed E-state index contributed by atoms with van der Waals surface area (Å²) < 4.78 is 6.65. The third kappa shape index (κ3) is 3.33. The van der Waals surface area contributed by atoms with Crippen LogP contribution in [0.4, 0.5) is 17.1 Å². The molecule has 9 rings (SSSR count). The van der Waals surface area contributed by atoms with Crippen molar-refractivity contribution >= 4 is 71.3 Å². The zero-order valence-corrected chi connectivity index (χ0v) is 22.8. The molecule has 196 valence electrons. The lowest BCUT2D eigenvalue weighted by atomic mass is 9.92. The van der Waals surface area contributed by atoms with E-state index < -0.39 is 0 Å². The van der Waals surface area contributed by atoms with Gasteiger partial charge in [-0.15, -0.1) is 0 Å². The lowest BCUT2D eigenvalue weighted by Gasteiger charge is -2.30. The summed E-state index contributed by atoms with van der Waals surface area (Å²) in [5.74, 6) is 0. The van der Waals surface area contributed by atoms with Crippen molar-refractivity contribution in [1.29, 1.82) is 0 Å². The second kappa shape index (κ2) is 8.95. The third-order valence-electron chi connectivity index (χ3n) is 8.58. The molecule has 0 bridgehead atoms. The molecule has 0 atom stereocenters. The molecule has 0 unspecified atom stereocenters. The van der Waals surface area contributed by atoms with E-state index in [1.807, 2.05) is 6.07 Å². The number of nitrogens with zero attached hydrogens (tertiary/aromatic N) is 1. The van der Waals surface area contributed by atoms with Crippen LogP contribution in [0.1, 0.15) is 0 Å². The topological polar surface area (TPSA) is 16.4 Å². The summed E-state index contributed by atoms with van der Waals surface area (Å²) in [5.41, 5.74) is 7.36. The fourth-order valence-electron chi connectivity index (χ4n) is 6.76. The number of furan rings is 1. The molecular formula is C40H25NO. The molecule has 0 radical (unpaired) electrons. The molecule has 42 heavy (non-hydrogen) atoms. The lowest BCUT2D eigenvalue weighted by molar-refractivity contribution is 0.669. The van der Waals surface area contributed by atoms with Gasteiger partial charge in [0.25, 0.3) is 0 Å². The highest BCUT2D eigenvalue weighted by molar-refractivity contribution is 6.27. The first kappa shape index (κ1) is 23.1. The summed E-state index contributed by atoms with van der Waals surface area (Å²) in [4.78, 5) is 2.41. The van der Waals surface area contributed by atoms with Crippen molar-refractivity contribution in [3.05, 3.63) is 152 Å². The summed E-state index contributed by atoms with van der Waals surface area (Å²) in [6, 6.07) is 54.3. The second-order valence-electron chi connectivity index (χ2n) is 10.9. The van der Waals surface area contributed by atoms with Crippen LogP contribution in [0.15, 0.2) is 156 Å². The van der Waals surface area contributed by atoms with Crippen molar-refractivity contribution < 1.29 is 4.42 Å². The van der Waals surface area contributed by atoms with Gasteiger partial charge in [0.15, 0.2) is 5.58 Å². The van der Waals surface area contributed by atoms with Gasteiger partial charge in [0.2, 0.25) is 0 Å². The number of hydrogen-bond donors (Lipinski definition) is 0. The van der Waals surface area contributed by atoms with Gasteiger partial charge in [-0.25, -0.2) is 0 Å². The summed E-state index contributed by atoms with van der Waals surface area (Å²) in [7, 11) is 0. The molecule has 0 amide bonds. The average Bonchev–Trinajstić information content (AvgIpc) is 3.44. The van der Waals surface area contributed by atoms with Crippen LogP contribution in [-0.2, 0) is 0 Å². The Kier molecular flexibility index (Phi) is 4.93. The van der Waals surface area contributed by atoms with Gasteiger partial charge in [0.05, 0.1) is 17.1 Å². The minimum absolute atomic E-state index is 0.881. The fourth-order valence-corrected chi connectivity index (χ4v) is 6.76. The van der Waals surface area contributed by atoms with Crippen molar-refractivity contribution in [3.8, 4) is 11.1 Å². The predicted octanol–water partition coefficient (Wildman–Crippen LogP) is 11.6. The molecule has 1 aromatic heterocycles. The van der Waals surface area contributed by atoms with Gasteiger partial charge in [-0.1, -0.05) is 127 Å². The largest absolute Gasteiger partial charge is 0.454 e. The Bertz CT molecular complexity index is 2420. The Balaban J connectivity index is 1.45. The SMILES string of the molecule is c1ccc(-c2ccccc2N(c2cc3cccc4ccc5cccc2c5c43)c2cccc3c2oc2ccccc23)cc1. The van der Waals surface area contributed by atoms with Crippen molar-refractivity contribution in [2.45, 2.75) is 0 Å². The lowest BCUT2D eigenvalue weighted by Crippen LogP contribution is -2.12. The van der Waals surface area contributed by atoms with Crippen LogP contribution in [0.25, 0.3) is 65.4 Å². The van der Waals surface area contributed by atoms with Gasteiger partial charge < -0.3 is 9.32 Å². The Morgan fingerprint density at radius 3 is 1.95 bits per heavy atom. The molecule has 2 heteroatoms. The summed E-state index contributed by atoms with van der Waals surface area (Å²) >= 11 is 0. The first-order valence-corrected chi connectivity index (χ1v) is 14.4. The monoisotopic (exact) mass is 535 g/mol. The third-order valence-corrected chi connectivity index (χ3v) is 8.58. The van der Waals surface area contributed by atoms with Crippen LogP contribution < -0.4 is 4.90 Å². The van der Waals surface area contributed by atoms with E-state index in [4.69, 9.17) is 4.42 Å². The van der Waals surface area contributed by atoms with Crippen molar-refractivity contribution in [1.82, 2.24) is 0 Å². The van der Waals surface area contributed by atoms with Gasteiger partial charge in [-0.2, -0.15) is 0 Å². The molecule has 0 spiro atoms. The molecule has 0 N–H and O–H groups in total. The number of fused-ring (bicyclic) bond motifs is 3. The maximum Gasteiger partial charge on any atom is 0.159 e. The van der Waals surface area contributed by atoms with Crippen LogP contribution in [-0.4, -0.2) is 0 Å². The van der Waals surface area contributed by atoms with E-state index in [0.29, 0.717) is 0 Å². The van der Waals surface area contributed by atoms with Gasteiger partial charge >= 0.3 is 0 Å². The molecule has 2 nitrogen and oxygen atoms in total. The van der Waals surface area contributed by atoms with Crippen LogP contribution >= 0.6 is 0 Å². The van der Waals surface area contributed by atoms with E-state index >= 15 is 0 Å². The van der Waals surface area contributed by atoms with Gasteiger partial charge in [0, 0.05) is 21.7 Å². The fraction of sp³-hybridized carbons (Fsp3) is 0. The smallest absolute Gasteiger partial charge is 0.159 e. The molecule has 1 heterocycles. The molecule has 8 aromatic carbocycles. The number of hydrogen-bond acceptors (Lipinski definition) is 2. The number of rotatable bonds is 4. The molecule has 9 aromatic rings. The van der Waals surface area contributed by atoms with Crippen molar-refractivity contribution in [2.75, 3.05) is 4.90 Å². The molecular weight excluding hydrogens is 510 g/mol. The van der Waals surface area contributed by atoms with Crippen LogP contribution in [0, 0.1) is 0 Å². The van der Waals surface area contributed by atoms with E-state index in [1.165, 1.54) is 37.9 Å². The zero-order valence-electron chi connectivity index (χ0n) is 22.8. The van der Waals surface area contributed by atoms with Crippen LogP contribution in [0.5, 0.6) is 0 Å². The molecule has 0 saturated heterocycles. The number of benzene rings is 8. The van der Waals surface area contributed by atoms with E-state index in [2.05, 4.69) is 150 Å². The Morgan fingerprint density at radius 1 is 0.405 bits per heavy atom. The molecule has 0 saturated carbocycles. The highest BCUT2D eigenvalue weighted by Gasteiger charge is 2.24. The van der Waals surface area contributed by atoms with E-state index in [9.17, 15) is 0 Å². The summed E-state index contributed by atoms with van der Waals surface area (Å²) in [6.45, 7) is 0.